The Balaban J connectivity index is 1.55. The van der Waals surface area contributed by atoms with Gasteiger partial charge < -0.3 is 14.3 Å². The molecule has 0 aromatic carbocycles. The van der Waals surface area contributed by atoms with Gasteiger partial charge in [0.1, 0.15) is 33.8 Å². The van der Waals surface area contributed by atoms with Gasteiger partial charge in [0.05, 0.1) is 24.1 Å². The number of carbonyl (C=O) groups is 1. The number of nitrogens with zero attached hydrogens (tertiary/aromatic N) is 4. The minimum absolute atomic E-state index is 0.177. The van der Waals surface area contributed by atoms with Crippen LogP contribution < -0.4 is 5.32 Å². The summed E-state index contributed by atoms with van der Waals surface area (Å²) in [5, 5.41) is 16.2. The fraction of sp³-hybridized carbons (Fsp3) is 0.200. The summed E-state index contributed by atoms with van der Waals surface area (Å²) in [5.41, 5.74) is 2.23. The Bertz CT molecular complexity index is 1220. The lowest BCUT2D eigenvalue weighted by atomic mass is 10.2. The predicted octanol–water partition coefficient (Wildman–Crippen LogP) is 4.35. The van der Waals surface area contributed by atoms with Gasteiger partial charge in [-0.2, -0.15) is 5.26 Å². The van der Waals surface area contributed by atoms with Crippen molar-refractivity contribution in [1.82, 2.24) is 14.5 Å². The van der Waals surface area contributed by atoms with Gasteiger partial charge in [-0.3, -0.25) is 4.79 Å². The van der Waals surface area contributed by atoms with E-state index < -0.39 is 0 Å². The second kappa shape index (κ2) is 8.11. The Morgan fingerprint density at radius 1 is 1.38 bits per heavy atom. The van der Waals surface area contributed by atoms with Crippen molar-refractivity contribution in [2.24, 2.45) is 0 Å². The van der Waals surface area contributed by atoms with E-state index in [2.05, 4.69) is 21.4 Å². The molecule has 0 aliphatic carbocycles. The second-order valence-corrected chi connectivity index (χ2v) is 8.23. The molecule has 0 fully saturated rings. The molecule has 0 aliphatic rings. The molecule has 0 spiro atoms. The van der Waals surface area contributed by atoms with Crippen molar-refractivity contribution in [3.05, 3.63) is 58.8 Å². The van der Waals surface area contributed by atoms with Crippen LogP contribution in [-0.2, 0) is 11.3 Å². The van der Waals surface area contributed by atoms with Crippen molar-refractivity contribution in [2.45, 2.75) is 25.4 Å². The first-order valence-electron chi connectivity index (χ1n) is 8.81. The third kappa shape index (κ3) is 3.77. The molecular formula is C20H17N5O2S2. The number of fused-ring (bicyclic) bond motifs is 1. The van der Waals surface area contributed by atoms with Crippen LogP contribution in [-0.4, -0.2) is 26.2 Å². The number of carbonyl (C=O) groups excluding carboxylic acids is 1. The molecule has 0 radical (unpaired) electrons. The number of rotatable bonds is 6. The first-order valence-corrected chi connectivity index (χ1v) is 10.7. The maximum Gasteiger partial charge on any atom is 0.235 e. The van der Waals surface area contributed by atoms with E-state index in [0.29, 0.717) is 17.9 Å². The lowest BCUT2D eigenvalue weighted by Gasteiger charge is -2.12. The largest absolute Gasteiger partial charge is 0.467 e. The molecule has 1 N–H and O–H groups in total. The van der Waals surface area contributed by atoms with E-state index in [1.54, 1.807) is 6.26 Å². The van der Waals surface area contributed by atoms with E-state index >= 15 is 0 Å². The van der Waals surface area contributed by atoms with E-state index in [1.807, 2.05) is 42.0 Å². The molecule has 7 nitrogen and oxygen atoms in total. The van der Waals surface area contributed by atoms with Crippen molar-refractivity contribution < 1.29 is 9.21 Å². The van der Waals surface area contributed by atoms with Gasteiger partial charge in [0.2, 0.25) is 5.91 Å². The Hall–Kier alpha value is -3.09. The van der Waals surface area contributed by atoms with E-state index in [9.17, 15) is 10.1 Å². The highest BCUT2D eigenvalue weighted by atomic mass is 32.2. The minimum atomic E-state index is -0.202. The van der Waals surface area contributed by atoms with Crippen LogP contribution in [0.4, 0.5) is 5.82 Å². The summed E-state index contributed by atoms with van der Waals surface area (Å²) in [6, 6.07) is 7.84. The maximum absolute atomic E-state index is 12.7. The van der Waals surface area contributed by atoms with Crippen LogP contribution in [0, 0.1) is 25.2 Å². The molecule has 0 bridgehead atoms. The van der Waals surface area contributed by atoms with Gasteiger partial charge in [-0.05, 0) is 43.0 Å². The van der Waals surface area contributed by atoms with Crippen LogP contribution in [0.15, 0.2) is 45.6 Å². The van der Waals surface area contributed by atoms with Gasteiger partial charge in [-0.15, -0.1) is 11.3 Å². The molecule has 1 amide bonds. The number of thioether (sulfide) groups is 1. The minimum Gasteiger partial charge on any atom is -0.467 e. The lowest BCUT2D eigenvalue weighted by molar-refractivity contribution is -0.113. The van der Waals surface area contributed by atoms with E-state index in [0.717, 1.165) is 32.3 Å². The number of hydrogen-bond acceptors (Lipinski definition) is 7. The summed E-state index contributed by atoms with van der Waals surface area (Å²) >= 11 is 2.89. The van der Waals surface area contributed by atoms with Gasteiger partial charge in [0.15, 0.2) is 0 Å². The first kappa shape index (κ1) is 19.2. The van der Waals surface area contributed by atoms with Crippen molar-refractivity contribution in [3.8, 4) is 6.07 Å². The number of nitrogens with one attached hydrogen (secondary N) is 1. The molecule has 0 saturated carbocycles. The normalized spacial score (nSPS) is 10.9. The number of nitriles is 1. The topological polar surface area (TPSA) is 96.7 Å². The molecule has 4 heterocycles. The average Bonchev–Trinajstić information content (AvgIpc) is 3.44. The van der Waals surface area contributed by atoms with Crippen LogP contribution in [0.1, 0.15) is 22.6 Å². The zero-order chi connectivity index (χ0) is 20.4. The van der Waals surface area contributed by atoms with Crippen molar-refractivity contribution >= 4 is 45.0 Å². The number of furan rings is 1. The first-order chi connectivity index (χ1) is 14.1. The molecular weight excluding hydrogens is 406 g/mol. The molecule has 0 unspecified atom stereocenters. The fourth-order valence-electron chi connectivity index (χ4n) is 3.07. The third-order valence-corrected chi connectivity index (χ3v) is 6.48. The summed E-state index contributed by atoms with van der Waals surface area (Å²) < 4.78 is 7.34. The highest BCUT2D eigenvalue weighted by Gasteiger charge is 2.20. The molecule has 0 aliphatic heterocycles. The van der Waals surface area contributed by atoms with Gasteiger partial charge in [0.25, 0.3) is 0 Å². The average molecular weight is 424 g/mol. The second-order valence-electron chi connectivity index (χ2n) is 6.37. The zero-order valence-corrected chi connectivity index (χ0v) is 17.4. The van der Waals surface area contributed by atoms with E-state index in [-0.39, 0.29) is 11.7 Å². The summed E-state index contributed by atoms with van der Waals surface area (Å²) in [7, 11) is 0. The zero-order valence-electron chi connectivity index (χ0n) is 15.8. The molecule has 146 valence electrons. The number of hydrogen-bond donors (Lipinski definition) is 1. The Morgan fingerprint density at radius 3 is 3.00 bits per heavy atom. The molecule has 4 aromatic heterocycles. The standard InChI is InChI=1S/C20H17N5O2S2/c1-12-13(2)25(9-14-4-3-6-27-14)18(16(12)8-21)24-17(26)10-29-20-15-5-7-28-19(15)22-11-23-20/h3-7,11H,9-10H2,1-2H3,(H,24,26). The third-order valence-electron chi connectivity index (χ3n) is 4.66. The smallest absolute Gasteiger partial charge is 0.235 e. The van der Waals surface area contributed by atoms with Gasteiger partial charge >= 0.3 is 0 Å². The van der Waals surface area contributed by atoms with Crippen LogP contribution in [0.2, 0.25) is 0 Å². The molecule has 4 aromatic rings. The summed E-state index contributed by atoms with van der Waals surface area (Å²) in [5.74, 6) is 1.22. The quantitative estimate of drug-likeness (QED) is 0.366. The number of aromatic nitrogens is 3. The van der Waals surface area contributed by atoms with Gasteiger partial charge in [-0.1, -0.05) is 11.8 Å². The fourth-order valence-corrected chi connectivity index (χ4v) is 4.65. The Morgan fingerprint density at radius 2 is 2.24 bits per heavy atom. The number of amides is 1. The molecule has 4 rings (SSSR count). The molecule has 9 heteroatoms. The van der Waals surface area contributed by atoms with Crippen LogP contribution >= 0.6 is 23.1 Å². The summed E-state index contributed by atoms with van der Waals surface area (Å²) in [4.78, 5) is 22.1. The monoisotopic (exact) mass is 423 g/mol. The Labute approximate surface area is 175 Å². The van der Waals surface area contributed by atoms with E-state index in [4.69, 9.17) is 4.42 Å². The lowest BCUT2D eigenvalue weighted by Crippen LogP contribution is -2.18. The van der Waals surface area contributed by atoms with Crippen LogP contribution in [0.5, 0.6) is 0 Å². The van der Waals surface area contributed by atoms with Crippen molar-refractivity contribution in [1.29, 1.82) is 5.26 Å². The molecule has 0 atom stereocenters. The van der Waals surface area contributed by atoms with Crippen LogP contribution in [0.25, 0.3) is 10.2 Å². The predicted molar refractivity (Wildman–Crippen MR) is 113 cm³/mol. The van der Waals surface area contributed by atoms with Crippen molar-refractivity contribution in [3.63, 3.8) is 0 Å². The van der Waals surface area contributed by atoms with Gasteiger partial charge in [0, 0.05) is 11.1 Å². The highest BCUT2D eigenvalue weighted by Crippen LogP contribution is 2.29. The van der Waals surface area contributed by atoms with Crippen molar-refractivity contribution in [2.75, 3.05) is 11.1 Å². The number of anilines is 1. The number of thiophene rings is 1. The molecule has 0 saturated heterocycles. The summed E-state index contributed by atoms with van der Waals surface area (Å²) in [6.45, 7) is 4.24. The van der Waals surface area contributed by atoms with Crippen LogP contribution in [0.3, 0.4) is 0 Å². The highest BCUT2D eigenvalue weighted by molar-refractivity contribution is 8.00. The Kier molecular flexibility index (Phi) is 5.38. The summed E-state index contributed by atoms with van der Waals surface area (Å²) in [6.07, 6.45) is 3.11. The SMILES string of the molecule is Cc1c(C#N)c(NC(=O)CSc2ncnc3sccc23)n(Cc2ccco2)c1C. The van der Waals surface area contributed by atoms with E-state index in [1.165, 1.54) is 29.4 Å². The molecule has 29 heavy (non-hydrogen) atoms. The van der Waals surface area contributed by atoms with Gasteiger partial charge in [-0.25, -0.2) is 9.97 Å². The maximum atomic E-state index is 12.7.